The first-order chi connectivity index (χ1) is 14.1. The molecule has 1 aromatic carbocycles. The topological polar surface area (TPSA) is 49.3 Å². The fourth-order valence-electron chi connectivity index (χ4n) is 3.70. The van der Waals surface area contributed by atoms with E-state index in [9.17, 15) is 18.0 Å². The van der Waals surface area contributed by atoms with Crippen LogP contribution in [0.15, 0.2) is 24.3 Å². The maximum Gasteiger partial charge on any atom is 0.416 e. The molecular weight excluding hydrogens is 393 g/mol. The van der Waals surface area contributed by atoms with E-state index in [0.717, 1.165) is 35.6 Å². The molecule has 1 saturated heterocycles. The average Bonchev–Trinajstić information content (AvgIpc) is 2.72. The van der Waals surface area contributed by atoms with Crippen LogP contribution in [0.1, 0.15) is 37.6 Å². The van der Waals surface area contributed by atoms with Gasteiger partial charge in [0.2, 0.25) is 5.91 Å². The summed E-state index contributed by atoms with van der Waals surface area (Å²) in [5.74, 6) is 1.33. The zero-order valence-corrected chi connectivity index (χ0v) is 17.8. The zero-order chi connectivity index (χ0) is 22.1. The number of carbonyl (C=O) groups excluding carboxylic acids is 1. The van der Waals surface area contributed by atoms with Gasteiger partial charge in [-0.25, -0.2) is 9.97 Å². The highest BCUT2D eigenvalue weighted by molar-refractivity contribution is 5.78. The van der Waals surface area contributed by atoms with Crippen molar-refractivity contribution in [2.24, 2.45) is 5.92 Å². The van der Waals surface area contributed by atoms with Crippen molar-refractivity contribution in [3.63, 3.8) is 0 Å². The first-order valence-corrected chi connectivity index (χ1v) is 10.2. The predicted molar refractivity (Wildman–Crippen MR) is 110 cm³/mol. The summed E-state index contributed by atoms with van der Waals surface area (Å²) < 4.78 is 38.6. The molecule has 0 saturated carbocycles. The van der Waals surface area contributed by atoms with Crippen LogP contribution in [-0.4, -0.2) is 47.0 Å². The predicted octanol–water partition coefficient (Wildman–Crippen LogP) is 4.34. The Balaban J connectivity index is 1.89. The Labute approximate surface area is 174 Å². The average molecular weight is 420 g/mol. The minimum Gasteiger partial charge on any atom is -0.353 e. The largest absolute Gasteiger partial charge is 0.416 e. The molecule has 0 aliphatic carbocycles. The van der Waals surface area contributed by atoms with Gasteiger partial charge in [-0.15, -0.1) is 0 Å². The number of rotatable bonds is 4. The lowest BCUT2D eigenvalue weighted by Gasteiger charge is -2.37. The van der Waals surface area contributed by atoms with E-state index >= 15 is 0 Å². The fraction of sp³-hybridized carbons (Fsp3) is 0.500. The maximum atomic E-state index is 12.9. The molecule has 1 fully saturated rings. The summed E-state index contributed by atoms with van der Waals surface area (Å²) in [6.07, 6.45) is -3.63. The number of aryl methyl sites for hydroxylation is 1. The lowest BCUT2D eigenvalue weighted by Crippen LogP contribution is -2.50. The van der Waals surface area contributed by atoms with E-state index in [0.29, 0.717) is 37.6 Å². The highest BCUT2D eigenvalue weighted by Crippen LogP contribution is 2.31. The van der Waals surface area contributed by atoms with Gasteiger partial charge in [-0.1, -0.05) is 32.9 Å². The molecule has 0 atom stereocenters. The second kappa shape index (κ2) is 8.62. The molecule has 0 radical (unpaired) electrons. The van der Waals surface area contributed by atoms with Gasteiger partial charge in [-0.2, -0.15) is 13.2 Å². The second-order valence-corrected chi connectivity index (χ2v) is 7.83. The molecule has 0 bridgehead atoms. The van der Waals surface area contributed by atoms with Gasteiger partial charge in [0.1, 0.15) is 5.82 Å². The molecule has 1 amide bonds. The van der Waals surface area contributed by atoms with Crippen LogP contribution in [0.3, 0.4) is 0 Å². The van der Waals surface area contributed by atoms with Crippen LogP contribution in [0.5, 0.6) is 0 Å². The van der Waals surface area contributed by atoms with E-state index in [-0.39, 0.29) is 11.8 Å². The molecule has 0 N–H and O–H groups in total. The van der Waals surface area contributed by atoms with Crippen molar-refractivity contribution in [3.05, 3.63) is 41.1 Å². The molecule has 2 aromatic rings. The molecule has 5 nitrogen and oxygen atoms in total. The van der Waals surface area contributed by atoms with Crippen LogP contribution in [0, 0.1) is 12.8 Å². The fourth-order valence-corrected chi connectivity index (χ4v) is 3.70. The number of benzene rings is 1. The molecule has 162 valence electrons. The Hall–Kier alpha value is -2.64. The van der Waals surface area contributed by atoms with Gasteiger partial charge in [0.05, 0.1) is 5.56 Å². The molecule has 1 aliphatic rings. The standard InChI is InChI=1S/C22H27F3N4O/c1-5-18-15(4)26-19(16-6-8-17(9-7-16)22(23,24)25)27-20(18)28-10-12-29(13-11-28)21(30)14(2)3/h6-9,14H,5,10-13H2,1-4H3. The van der Waals surface area contributed by atoms with Crippen molar-refractivity contribution >= 4 is 11.7 Å². The molecule has 0 spiro atoms. The van der Waals surface area contributed by atoms with Crippen molar-refractivity contribution in [3.8, 4) is 11.4 Å². The molecule has 1 aromatic heterocycles. The highest BCUT2D eigenvalue weighted by atomic mass is 19.4. The Morgan fingerprint density at radius 2 is 1.67 bits per heavy atom. The zero-order valence-electron chi connectivity index (χ0n) is 17.8. The number of carbonyl (C=O) groups is 1. The first kappa shape index (κ1) is 22.1. The van der Waals surface area contributed by atoms with Gasteiger partial charge >= 0.3 is 6.18 Å². The van der Waals surface area contributed by atoms with Crippen LogP contribution in [0.4, 0.5) is 19.0 Å². The van der Waals surface area contributed by atoms with Gasteiger partial charge in [-0.05, 0) is 25.5 Å². The Morgan fingerprint density at radius 3 is 2.17 bits per heavy atom. The van der Waals surface area contributed by atoms with Gasteiger partial charge < -0.3 is 9.80 Å². The number of piperazine rings is 1. The number of nitrogens with zero attached hydrogens (tertiary/aromatic N) is 4. The lowest BCUT2D eigenvalue weighted by molar-refractivity contribution is -0.137. The maximum absolute atomic E-state index is 12.9. The van der Waals surface area contributed by atoms with Crippen LogP contribution in [0.2, 0.25) is 0 Å². The van der Waals surface area contributed by atoms with Gasteiger partial charge in [-0.3, -0.25) is 4.79 Å². The molecule has 3 rings (SSSR count). The SMILES string of the molecule is CCc1c(C)nc(-c2ccc(C(F)(F)F)cc2)nc1N1CCN(C(=O)C(C)C)CC1. The van der Waals surface area contributed by atoms with Crippen molar-refractivity contribution in [1.82, 2.24) is 14.9 Å². The smallest absolute Gasteiger partial charge is 0.353 e. The van der Waals surface area contributed by atoms with Gasteiger partial charge in [0.25, 0.3) is 0 Å². The van der Waals surface area contributed by atoms with E-state index in [4.69, 9.17) is 4.98 Å². The summed E-state index contributed by atoms with van der Waals surface area (Å²) in [5.41, 5.74) is 1.69. The summed E-state index contributed by atoms with van der Waals surface area (Å²) >= 11 is 0. The van der Waals surface area contributed by atoms with Crippen LogP contribution in [-0.2, 0) is 17.4 Å². The molecule has 2 heterocycles. The highest BCUT2D eigenvalue weighted by Gasteiger charge is 2.30. The number of anilines is 1. The minimum atomic E-state index is -4.38. The van der Waals surface area contributed by atoms with E-state index in [1.54, 1.807) is 0 Å². The van der Waals surface area contributed by atoms with E-state index < -0.39 is 11.7 Å². The van der Waals surface area contributed by atoms with Crippen LogP contribution >= 0.6 is 0 Å². The lowest BCUT2D eigenvalue weighted by atomic mass is 10.1. The van der Waals surface area contributed by atoms with Gasteiger partial charge in [0.15, 0.2) is 5.82 Å². The quantitative estimate of drug-likeness (QED) is 0.739. The van der Waals surface area contributed by atoms with Gasteiger partial charge in [0, 0.05) is 48.9 Å². The van der Waals surface area contributed by atoms with E-state index in [1.165, 1.54) is 12.1 Å². The molecular formula is C22H27F3N4O. The Morgan fingerprint density at radius 1 is 1.07 bits per heavy atom. The molecule has 1 aliphatic heterocycles. The van der Waals surface area contributed by atoms with Crippen molar-refractivity contribution < 1.29 is 18.0 Å². The second-order valence-electron chi connectivity index (χ2n) is 7.83. The number of aromatic nitrogens is 2. The molecule has 0 unspecified atom stereocenters. The third-order valence-electron chi connectivity index (χ3n) is 5.40. The van der Waals surface area contributed by atoms with Crippen molar-refractivity contribution in [2.45, 2.75) is 40.3 Å². The summed E-state index contributed by atoms with van der Waals surface area (Å²) in [6.45, 7) is 10.3. The number of halogens is 3. The number of alkyl halides is 3. The van der Waals surface area contributed by atoms with Crippen molar-refractivity contribution in [1.29, 1.82) is 0 Å². The van der Waals surface area contributed by atoms with Crippen LogP contribution < -0.4 is 4.90 Å². The summed E-state index contributed by atoms with van der Waals surface area (Å²) in [5, 5.41) is 0. The monoisotopic (exact) mass is 420 g/mol. The van der Waals surface area contributed by atoms with Crippen molar-refractivity contribution in [2.75, 3.05) is 31.1 Å². The number of hydrogen-bond acceptors (Lipinski definition) is 4. The first-order valence-electron chi connectivity index (χ1n) is 10.2. The third kappa shape index (κ3) is 4.57. The van der Waals surface area contributed by atoms with Crippen LogP contribution in [0.25, 0.3) is 11.4 Å². The normalized spacial score (nSPS) is 15.1. The minimum absolute atomic E-state index is 0.0321. The van der Waals surface area contributed by atoms with E-state index in [2.05, 4.69) is 9.88 Å². The number of hydrogen-bond donors (Lipinski definition) is 0. The summed E-state index contributed by atoms with van der Waals surface area (Å²) in [6, 6.07) is 4.92. The third-order valence-corrected chi connectivity index (χ3v) is 5.40. The Kier molecular flexibility index (Phi) is 6.33. The summed E-state index contributed by atoms with van der Waals surface area (Å²) in [4.78, 5) is 25.5. The Bertz CT molecular complexity index is 902. The summed E-state index contributed by atoms with van der Waals surface area (Å²) in [7, 11) is 0. The molecule has 30 heavy (non-hydrogen) atoms. The molecule has 8 heteroatoms. The van der Waals surface area contributed by atoms with E-state index in [1.807, 2.05) is 32.6 Å². The number of amides is 1.